The fraction of sp³-hybridized carbons (Fsp3) is 0.455. The molecule has 2 aromatic carbocycles. The van der Waals surface area contributed by atoms with Gasteiger partial charge in [-0.2, -0.15) is 0 Å². The molecule has 0 fully saturated rings. The van der Waals surface area contributed by atoms with Gasteiger partial charge in [-0.1, -0.05) is 70.1 Å². The van der Waals surface area contributed by atoms with Crippen molar-refractivity contribution in [3.63, 3.8) is 0 Å². The molecule has 2 aromatic rings. The van der Waals surface area contributed by atoms with Crippen molar-refractivity contribution in [3.05, 3.63) is 54.1 Å². The largest absolute Gasteiger partial charge is 1.00 e. The molecule has 0 aliphatic carbocycles. The monoisotopic (exact) mass is 412 g/mol. The molecule has 0 unspecified atom stereocenters. The number of benzene rings is 2. The fourth-order valence-electron chi connectivity index (χ4n) is 3.02. The predicted octanol–water partition coefficient (Wildman–Crippen LogP) is 3.07. The van der Waals surface area contributed by atoms with Crippen molar-refractivity contribution in [2.45, 2.75) is 69.6 Å². The maximum absolute atomic E-state index is 11.1. The van der Waals surface area contributed by atoms with Gasteiger partial charge in [-0.25, -0.2) is 8.42 Å². The summed E-state index contributed by atoms with van der Waals surface area (Å²) in [5.41, 5.74) is 1.27. The molecule has 0 radical (unpaired) electrons. The minimum atomic E-state index is -4.48. The number of aryl methyl sites for hydroxylation is 1. The molecule has 28 heavy (non-hydrogen) atoms. The van der Waals surface area contributed by atoms with Crippen LogP contribution < -0.4 is 34.3 Å². The van der Waals surface area contributed by atoms with Crippen molar-refractivity contribution in [2.75, 3.05) is 0 Å². The van der Waals surface area contributed by atoms with E-state index in [0.29, 0.717) is 11.5 Å². The molecule has 0 saturated heterocycles. The van der Waals surface area contributed by atoms with E-state index in [0.717, 1.165) is 6.42 Å². The molecule has 0 aromatic heterocycles. The molecule has 0 spiro atoms. The van der Waals surface area contributed by atoms with Gasteiger partial charge in [0.25, 0.3) is 0 Å². The summed E-state index contributed by atoms with van der Waals surface area (Å²) in [5.74, 6) is 0.956. The average molecular weight is 413 g/mol. The first kappa shape index (κ1) is 25.2. The van der Waals surface area contributed by atoms with E-state index in [1.807, 2.05) is 24.3 Å². The third kappa shape index (κ3) is 9.57. The molecule has 0 amide bonds. The van der Waals surface area contributed by atoms with E-state index in [4.69, 9.17) is 4.74 Å². The van der Waals surface area contributed by atoms with Crippen molar-refractivity contribution in [2.24, 2.45) is 0 Å². The van der Waals surface area contributed by atoms with Crippen molar-refractivity contribution >= 4 is 10.1 Å². The maximum Gasteiger partial charge on any atom is 1.00 e. The summed E-state index contributed by atoms with van der Waals surface area (Å²) in [6, 6.07) is 13.4. The van der Waals surface area contributed by atoms with Crippen molar-refractivity contribution in [1.29, 1.82) is 0 Å². The summed E-state index contributed by atoms with van der Waals surface area (Å²) in [5, 5.41) is 0. The first-order chi connectivity index (χ1) is 13.0. The second-order valence-electron chi connectivity index (χ2n) is 6.90. The quantitative estimate of drug-likeness (QED) is 0.305. The number of ether oxygens (including phenoxy) is 1. The standard InChI is InChI=1S/C22H30O4S.Na/c1-2-3-4-5-6-7-8-9-11-19-14-16-20(17-15-19)26-21-12-10-13-22(18-21)27(23,24)25;/h10,12-18H,2-9,11H2,1H3,(H,23,24,25);/q;+1/p-1. The zero-order valence-corrected chi connectivity index (χ0v) is 19.8. The molecule has 0 atom stereocenters. The van der Waals surface area contributed by atoms with Gasteiger partial charge in [0.15, 0.2) is 0 Å². The Bertz CT molecular complexity index is 788. The molecule has 4 nitrogen and oxygen atoms in total. The summed E-state index contributed by atoms with van der Waals surface area (Å²) < 4.78 is 38.9. The average Bonchev–Trinajstić information content (AvgIpc) is 2.65. The Morgan fingerprint density at radius 3 is 2.04 bits per heavy atom. The van der Waals surface area contributed by atoms with Gasteiger partial charge in [-0.3, -0.25) is 0 Å². The Kier molecular flexibility index (Phi) is 12.0. The van der Waals surface area contributed by atoms with Crippen LogP contribution in [0, 0.1) is 0 Å². The molecule has 0 aliphatic rings. The van der Waals surface area contributed by atoms with Crippen LogP contribution in [0.3, 0.4) is 0 Å². The molecule has 0 heterocycles. The Morgan fingerprint density at radius 2 is 1.43 bits per heavy atom. The van der Waals surface area contributed by atoms with Gasteiger partial charge in [0.2, 0.25) is 0 Å². The van der Waals surface area contributed by atoms with E-state index >= 15 is 0 Å². The minimum absolute atomic E-state index is 0. The van der Waals surface area contributed by atoms with Gasteiger partial charge in [-0.15, -0.1) is 0 Å². The summed E-state index contributed by atoms with van der Waals surface area (Å²) in [6.45, 7) is 2.24. The zero-order chi connectivity index (χ0) is 19.5. The molecule has 0 N–H and O–H groups in total. The molecular weight excluding hydrogens is 383 g/mol. The molecular formula is C22H29NaO4S. The van der Waals surface area contributed by atoms with Gasteiger partial charge in [0, 0.05) is 0 Å². The van der Waals surface area contributed by atoms with Crippen LogP contribution in [0.2, 0.25) is 0 Å². The van der Waals surface area contributed by atoms with Crippen LogP contribution >= 0.6 is 0 Å². The first-order valence-electron chi connectivity index (χ1n) is 9.82. The summed E-state index contributed by atoms with van der Waals surface area (Å²) in [7, 11) is -4.48. The maximum atomic E-state index is 11.1. The SMILES string of the molecule is CCCCCCCCCCc1ccc(Oc2cccc(S(=O)(=O)[O-])c2)cc1.[Na+]. The summed E-state index contributed by atoms with van der Waals surface area (Å²) >= 11 is 0. The van der Waals surface area contributed by atoms with Crippen molar-refractivity contribution in [1.82, 2.24) is 0 Å². The van der Waals surface area contributed by atoms with Gasteiger partial charge in [0.05, 0.1) is 4.90 Å². The van der Waals surface area contributed by atoms with Crippen LogP contribution in [0.4, 0.5) is 0 Å². The van der Waals surface area contributed by atoms with Gasteiger partial charge >= 0.3 is 29.6 Å². The fourth-order valence-corrected chi connectivity index (χ4v) is 3.52. The second kappa shape index (κ2) is 13.4. The van der Waals surface area contributed by atoms with Crippen LogP contribution in [0.25, 0.3) is 0 Å². The summed E-state index contributed by atoms with van der Waals surface area (Å²) in [6.07, 6.45) is 11.5. The molecule has 2 rings (SSSR count). The van der Waals surface area contributed by atoms with Gasteiger partial charge in [-0.05, 0) is 48.7 Å². The third-order valence-corrected chi connectivity index (χ3v) is 5.40. The number of rotatable bonds is 12. The molecule has 6 heteroatoms. The number of hydrogen-bond acceptors (Lipinski definition) is 4. The second-order valence-corrected chi connectivity index (χ2v) is 8.28. The van der Waals surface area contributed by atoms with E-state index in [2.05, 4.69) is 6.92 Å². The van der Waals surface area contributed by atoms with Gasteiger partial charge < -0.3 is 9.29 Å². The number of hydrogen-bond donors (Lipinski definition) is 0. The van der Waals surface area contributed by atoms with Crippen LogP contribution in [0.15, 0.2) is 53.4 Å². The minimum Gasteiger partial charge on any atom is -0.744 e. The van der Waals surface area contributed by atoms with E-state index < -0.39 is 10.1 Å². The van der Waals surface area contributed by atoms with E-state index in [9.17, 15) is 13.0 Å². The Morgan fingerprint density at radius 1 is 0.821 bits per heavy atom. The van der Waals surface area contributed by atoms with Crippen molar-refractivity contribution in [3.8, 4) is 11.5 Å². The molecule has 148 valence electrons. The van der Waals surface area contributed by atoms with Crippen LogP contribution in [-0.4, -0.2) is 13.0 Å². The third-order valence-electron chi connectivity index (χ3n) is 4.57. The first-order valence-corrected chi connectivity index (χ1v) is 11.2. The Hall–Kier alpha value is -0.850. The normalized spacial score (nSPS) is 11.1. The summed E-state index contributed by atoms with van der Waals surface area (Å²) in [4.78, 5) is -0.286. The molecule has 0 aliphatic heterocycles. The smallest absolute Gasteiger partial charge is 0.744 e. The Balaban J connectivity index is 0.00000392. The zero-order valence-electron chi connectivity index (χ0n) is 17.0. The van der Waals surface area contributed by atoms with E-state index in [1.54, 1.807) is 6.07 Å². The molecule has 0 bridgehead atoms. The predicted molar refractivity (Wildman–Crippen MR) is 107 cm³/mol. The van der Waals surface area contributed by atoms with Crippen LogP contribution in [0.1, 0.15) is 63.9 Å². The van der Waals surface area contributed by atoms with E-state index in [-0.39, 0.29) is 34.5 Å². The van der Waals surface area contributed by atoms with E-state index in [1.165, 1.54) is 75.1 Å². The van der Waals surface area contributed by atoms with Crippen LogP contribution in [-0.2, 0) is 16.5 Å². The molecule has 0 saturated carbocycles. The van der Waals surface area contributed by atoms with Crippen molar-refractivity contribution < 1.29 is 47.3 Å². The van der Waals surface area contributed by atoms with Gasteiger partial charge in [0.1, 0.15) is 21.6 Å². The number of unbranched alkanes of at least 4 members (excludes halogenated alkanes) is 7. The van der Waals surface area contributed by atoms with Crippen LogP contribution in [0.5, 0.6) is 11.5 Å². The Labute approximate surface area is 191 Å². The topological polar surface area (TPSA) is 66.4 Å².